The number of fused-ring (bicyclic) bond motifs is 1. The number of aromatic nitrogens is 2. The van der Waals surface area contributed by atoms with E-state index >= 15 is 0 Å². The van der Waals surface area contributed by atoms with Gasteiger partial charge in [0.05, 0.1) is 23.6 Å². The Morgan fingerprint density at radius 3 is 2.50 bits per heavy atom. The van der Waals surface area contributed by atoms with Gasteiger partial charge >= 0.3 is 5.69 Å². The summed E-state index contributed by atoms with van der Waals surface area (Å²) >= 11 is 3.46. The molecule has 0 spiro atoms. The van der Waals surface area contributed by atoms with Gasteiger partial charge in [0.25, 0.3) is 0 Å². The summed E-state index contributed by atoms with van der Waals surface area (Å²) in [5, 5.41) is 10.4. The minimum Gasteiger partial charge on any atom is -0.472 e. The summed E-state index contributed by atoms with van der Waals surface area (Å²) < 4.78 is 8.89. The number of imidazole rings is 1. The molecule has 0 saturated carbocycles. The fraction of sp³-hybridized carbons (Fsp3) is 0.214. The topological polar surface area (TPSA) is 60.3 Å². The first-order chi connectivity index (χ1) is 9.50. The van der Waals surface area contributed by atoms with Crippen LogP contribution < -0.4 is 5.69 Å². The summed E-state index contributed by atoms with van der Waals surface area (Å²) in [5.74, 6) is 0. The van der Waals surface area contributed by atoms with Crippen molar-refractivity contribution in [1.82, 2.24) is 9.13 Å². The smallest absolute Gasteiger partial charge is 0.328 e. The van der Waals surface area contributed by atoms with Gasteiger partial charge < -0.3 is 9.52 Å². The van der Waals surface area contributed by atoms with Crippen molar-refractivity contribution in [3.63, 3.8) is 0 Å². The summed E-state index contributed by atoms with van der Waals surface area (Å²) in [7, 11) is 3.44. The van der Waals surface area contributed by atoms with Crippen molar-refractivity contribution in [2.45, 2.75) is 6.10 Å². The Bertz CT molecular complexity index is 830. The first-order valence-electron chi connectivity index (χ1n) is 6.05. The Balaban J connectivity index is 2.25. The number of benzene rings is 1. The Labute approximate surface area is 123 Å². The zero-order valence-corrected chi connectivity index (χ0v) is 12.6. The van der Waals surface area contributed by atoms with Crippen LogP contribution in [0.4, 0.5) is 0 Å². The fourth-order valence-corrected chi connectivity index (χ4v) is 2.90. The van der Waals surface area contributed by atoms with Gasteiger partial charge in [0.15, 0.2) is 0 Å². The predicted octanol–water partition coefficient (Wildman–Crippen LogP) is 2.31. The molecule has 1 unspecified atom stereocenters. The highest BCUT2D eigenvalue weighted by atomic mass is 79.9. The van der Waals surface area contributed by atoms with Crippen molar-refractivity contribution < 1.29 is 9.52 Å². The summed E-state index contributed by atoms with van der Waals surface area (Å²) in [5.41, 5.74) is 2.86. The molecule has 1 atom stereocenters. The minimum absolute atomic E-state index is 0.0955. The summed E-state index contributed by atoms with van der Waals surface area (Å²) in [6.45, 7) is 0. The molecule has 0 bridgehead atoms. The molecule has 3 aromatic rings. The third-order valence-electron chi connectivity index (χ3n) is 3.54. The van der Waals surface area contributed by atoms with Crippen LogP contribution >= 0.6 is 15.9 Å². The third-order valence-corrected chi connectivity index (χ3v) is 4.23. The molecule has 5 nitrogen and oxygen atoms in total. The summed E-state index contributed by atoms with van der Waals surface area (Å²) in [6, 6.07) is 5.37. The molecular weight excluding hydrogens is 324 g/mol. The second kappa shape index (κ2) is 4.64. The molecule has 1 N–H and O–H groups in total. The summed E-state index contributed by atoms with van der Waals surface area (Å²) in [6.07, 6.45) is 2.22. The van der Waals surface area contributed by atoms with E-state index in [1.165, 1.54) is 12.5 Å². The van der Waals surface area contributed by atoms with E-state index in [0.717, 1.165) is 15.5 Å². The second-order valence-electron chi connectivity index (χ2n) is 4.72. The molecular formula is C14H13BrN2O3. The van der Waals surface area contributed by atoms with Crippen LogP contribution in [-0.4, -0.2) is 14.2 Å². The van der Waals surface area contributed by atoms with Crippen LogP contribution in [-0.2, 0) is 14.1 Å². The van der Waals surface area contributed by atoms with E-state index < -0.39 is 6.10 Å². The number of hydrogen-bond acceptors (Lipinski definition) is 3. The average Bonchev–Trinajstić information content (AvgIpc) is 3.03. The van der Waals surface area contributed by atoms with Gasteiger partial charge in [0.2, 0.25) is 0 Å². The van der Waals surface area contributed by atoms with Crippen molar-refractivity contribution >= 4 is 27.0 Å². The number of aliphatic hydroxyl groups is 1. The summed E-state index contributed by atoms with van der Waals surface area (Å²) in [4.78, 5) is 11.9. The van der Waals surface area contributed by atoms with Gasteiger partial charge in [-0.3, -0.25) is 9.13 Å². The van der Waals surface area contributed by atoms with Gasteiger partial charge in [-0.05, 0) is 18.2 Å². The lowest BCUT2D eigenvalue weighted by Gasteiger charge is -2.12. The first-order valence-corrected chi connectivity index (χ1v) is 6.85. The maximum Gasteiger partial charge on any atom is 0.328 e. The van der Waals surface area contributed by atoms with Gasteiger partial charge in [-0.1, -0.05) is 15.9 Å². The molecule has 6 heteroatoms. The van der Waals surface area contributed by atoms with Crippen LogP contribution in [0.15, 0.2) is 44.4 Å². The molecule has 0 aliphatic rings. The van der Waals surface area contributed by atoms with E-state index in [9.17, 15) is 9.90 Å². The predicted molar refractivity (Wildman–Crippen MR) is 78.6 cm³/mol. The van der Waals surface area contributed by atoms with Crippen molar-refractivity contribution in [3.05, 3.63) is 56.8 Å². The minimum atomic E-state index is -0.803. The third kappa shape index (κ3) is 1.83. The quantitative estimate of drug-likeness (QED) is 0.781. The van der Waals surface area contributed by atoms with E-state index in [1.807, 2.05) is 12.1 Å². The highest BCUT2D eigenvalue weighted by Crippen LogP contribution is 2.32. The molecule has 0 radical (unpaired) electrons. The first kappa shape index (κ1) is 13.2. The number of aryl methyl sites for hydroxylation is 2. The largest absolute Gasteiger partial charge is 0.472 e. The van der Waals surface area contributed by atoms with Crippen LogP contribution in [0.2, 0.25) is 0 Å². The van der Waals surface area contributed by atoms with Crippen molar-refractivity contribution in [3.8, 4) is 0 Å². The number of nitrogens with zero attached hydrogens (tertiary/aromatic N) is 2. The molecule has 104 valence electrons. The van der Waals surface area contributed by atoms with Crippen molar-refractivity contribution in [2.75, 3.05) is 0 Å². The second-order valence-corrected chi connectivity index (χ2v) is 5.58. The molecule has 20 heavy (non-hydrogen) atoms. The SMILES string of the molecule is Cn1c(=O)n(C)c2cc(C(O)c3ccoc3)c(Br)cc21. The molecule has 2 aromatic heterocycles. The van der Waals surface area contributed by atoms with Crippen LogP contribution in [0, 0.1) is 0 Å². The van der Waals surface area contributed by atoms with Crippen molar-refractivity contribution in [1.29, 1.82) is 0 Å². The standard InChI is InChI=1S/C14H13BrN2O3/c1-16-11-5-9(13(18)8-3-4-20-7-8)10(15)6-12(11)17(2)14(16)19/h3-7,13,18H,1-2H3. The van der Waals surface area contributed by atoms with E-state index in [0.29, 0.717) is 11.1 Å². The van der Waals surface area contributed by atoms with E-state index in [4.69, 9.17) is 4.42 Å². The Morgan fingerprint density at radius 1 is 1.25 bits per heavy atom. The fourth-order valence-electron chi connectivity index (χ4n) is 2.36. The molecule has 3 rings (SSSR count). The van der Waals surface area contributed by atoms with E-state index in [2.05, 4.69) is 15.9 Å². The van der Waals surface area contributed by atoms with Gasteiger partial charge in [-0.15, -0.1) is 0 Å². The molecule has 0 aliphatic heterocycles. The average molecular weight is 337 g/mol. The van der Waals surface area contributed by atoms with E-state index in [-0.39, 0.29) is 5.69 Å². The van der Waals surface area contributed by atoms with Gasteiger partial charge in [0, 0.05) is 29.7 Å². The number of rotatable bonds is 2. The monoisotopic (exact) mass is 336 g/mol. The molecule has 0 aliphatic carbocycles. The van der Waals surface area contributed by atoms with Crippen LogP contribution in [0.5, 0.6) is 0 Å². The molecule has 0 fully saturated rings. The number of hydrogen-bond donors (Lipinski definition) is 1. The number of aliphatic hydroxyl groups excluding tert-OH is 1. The normalized spacial score (nSPS) is 13.0. The Hall–Kier alpha value is -1.79. The van der Waals surface area contributed by atoms with Crippen LogP contribution in [0.1, 0.15) is 17.2 Å². The maximum absolute atomic E-state index is 11.9. The highest BCUT2D eigenvalue weighted by molar-refractivity contribution is 9.10. The van der Waals surface area contributed by atoms with Crippen molar-refractivity contribution in [2.24, 2.45) is 14.1 Å². The van der Waals surface area contributed by atoms with Crippen LogP contribution in [0.25, 0.3) is 11.0 Å². The Kier molecular flexibility index (Phi) is 3.07. The maximum atomic E-state index is 11.9. The zero-order valence-electron chi connectivity index (χ0n) is 11.0. The molecule has 0 saturated heterocycles. The van der Waals surface area contributed by atoms with Crippen LogP contribution in [0.3, 0.4) is 0 Å². The van der Waals surface area contributed by atoms with Gasteiger partial charge in [-0.25, -0.2) is 4.79 Å². The molecule has 2 heterocycles. The lowest BCUT2D eigenvalue weighted by Crippen LogP contribution is -2.19. The number of furan rings is 1. The highest BCUT2D eigenvalue weighted by Gasteiger charge is 2.18. The lowest BCUT2D eigenvalue weighted by atomic mass is 10.0. The zero-order chi connectivity index (χ0) is 14.4. The van der Waals surface area contributed by atoms with E-state index in [1.54, 1.807) is 29.3 Å². The van der Waals surface area contributed by atoms with Gasteiger partial charge in [0.1, 0.15) is 6.10 Å². The lowest BCUT2D eigenvalue weighted by molar-refractivity contribution is 0.218. The Morgan fingerprint density at radius 2 is 1.90 bits per heavy atom. The van der Waals surface area contributed by atoms with Gasteiger partial charge in [-0.2, -0.15) is 0 Å². The molecule has 1 aromatic carbocycles. The molecule has 0 amide bonds. The number of halogens is 1.